The summed E-state index contributed by atoms with van der Waals surface area (Å²) in [5.74, 6) is -1.18. The van der Waals surface area contributed by atoms with E-state index in [-0.39, 0.29) is 18.1 Å². The van der Waals surface area contributed by atoms with Crippen molar-refractivity contribution in [1.29, 1.82) is 0 Å². The molecule has 0 atom stereocenters. The maximum atomic E-state index is 12.5. The topological polar surface area (TPSA) is 77.2 Å². The zero-order valence-electron chi connectivity index (χ0n) is 12.2. The van der Waals surface area contributed by atoms with Gasteiger partial charge in [-0.25, -0.2) is 9.78 Å². The van der Waals surface area contributed by atoms with Gasteiger partial charge in [0.05, 0.1) is 17.5 Å². The van der Waals surface area contributed by atoms with Crippen LogP contribution in [0.1, 0.15) is 35.0 Å². The minimum atomic E-state index is -4.47. The molecule has 2 heterocycles. The second kappa shape index (κ2) is 6.67. The van der Waals surface area contributed by atoms with Crippen molar-refractivity contribution in [1.82, 2.24) is 14.8 Å². The molecule has 0 fully saturated rings. The number of hydrogen-bond donors (Lipinski definition) is 1. The van der Waals surface area contributed by atoms with Crippen molar-refractivity contribution in [3.8, 4) is 5.88 Å². The minimum absolute atomic E-state index is 0.00892. The van der Waals surface area contributed by atoms with Gasteiger partial charge in [-0.05, 0) is 12.5 Å². The lowest BCUT2D eigenvalue weighted by molar-refractivity contribution is -0.137. The highest BCUT2D eigenvalue weighted by molar-refractivity contribution is 5.88. The third kappa shape index (κ3) is 3.99. The van der Waals surface area contributed by atoms with E-state index in [1.54, 1.807) is 0 Å². The summed E-state index contributed by atoms with van der Waals surface area (Å²) in [6.45, 7) is 2.26. The van der Waals surface area contributed by atoms with Gasteiger partial charge < -0.3 is 9.84 Å². The van der Waals surface area contributed by atoms with Crippen LogP contribution in [0.25, 0.3) is 0 Å². The van der Waals surface area contributed by atoms with Gasteiger partial charge in [-0.3, -0.25) is 4.68 Å². The first kappa shape index (κ1) is 16.8. The summed E-state index contributed by atoms with van der Waals surface area (Å²) >= 11 is 0. The van der Waals surface area contributed by atoms with Crippen molar-refractivity contribution >= 4 is 5.97 Å². The number of nitrogens with zero attached hydrogens (tertiary/aromatic N) is 3. The number of aryl methyl sites for hydroxylation is 1. The van der Waals surface area contributed by atoms with E-state index in [1.807, 2.05) is 6.92 Å². The maximum Gasteiger partial charge on any atom is 0.417 e. The van der Waals surface area contributed by atoms with Gasteiger partial charge in [0, 0.05) is 18.8 Å². The molecule has 9 heteroatoms. The number of alkyl halides is 3. The second-order valence-corrected chi connectivity index (χ2v) is 4.70. The average molecular weight is 329 g/mol. The Kier molecular flexibility index (Phi) is 4.87. The molecule has 0 bridgehead atoms. The molecule has 2 aromatic rings. The minimum Gasteiger partial charge on any atom is -0.478 e. The van der Waals surface area contributed by atoms with Crippen molar-refractivity contribution in [3.63, 3.8) is 0 Å². The first-order valence-corrected chi connectivity index (χ1v) is 6.77. The van der Waals surface area contributed by atoms with Gasteiger partial charge in [-0.2, -0.15) is 18.3 Å². The van der Waals surface area contributed by atoms with Crippen LogP contribution in [-0.2, 0) is 19.3 Å². The summed E-state index contributed by atoms with van der Waals surface area (Å²) in [6, 6.07) is 1.94. The highest BCUT2D eigenvalue weighted by Crippen LogP contribution is 2.29. The van der Waals surface area contributed by atoms with Crippen LogP contribution in [0.3, 0.4) is 0 Å². The van der Waals surface area contributed by atoms with E-state index in [9.17, 15) is 18.0 Å². The SMILES string of the molecule is CCCn1ncc(C(=O)O)c1COc1ccc(C(F)(F)F)cn1. The Labute approximate surface area is 129 Å². The Bertz CT molecular complexity index is 681. The third-order valence-electron chi connectivity index (χ3n) is 3.03. The van der Waals surface area contributed by atoms with Gasteiger partial charge in [0.2, 0.25) is 5.88 Å². The van der Waals surface area contributed by atoms with Gasteiger partial charge in [0.25, 0.3) is 0 Å². The molecule has 6 nitrogen and oxygen atoms in total. The molecule has 124 valence electrons. The Morgan fingerprint density at radius 3 is 2.61 bits per heavy atom. The van der Waals surface area contributed by atoms with Gasteiger partial charge in [0.1, 0.15) is 12.2 Å². The summed E-state index contributed by atoms with van der Waals surface area (Å²) in [6.07, 6.45) is -1.85. The molecule has 0 saturated carbocycles. The van der Waals surface area contributed by atoms with Crippen LogP contribution in [0.15, 0.2) is 24.5 Å². The van der Waals surface area contributed by atoms with Crippen molar-refractivity contribution in [3.05, 3.63) is 41.3 Å². The van der Waals surface area contributed by atoms with E-state index in [1.165, 1.54) is 10.9 Å². The predicted octanol–water partition coefficient (Wildman–Crippen LogP) is 2.98. The number of carboxylic acid groups (broad SMARTS) is 1. The van der Waals surface area contributed by atoms with E-state index in [0.717, 1.165) is 18.6 Å². The molecule has 0 aromatic carbocycles. The molecule has 0 spiro atoms. The Morgan fingerprint density at radius 1 is 1.35 bits per heavy atom. The van der Waals surface area contributed by atoms with Crippen LogP contribution in [0.2, 0.25) is 0 Å². The van der Waals surface area contributed by atoms with Gasteiger partial charge in [0.15, 0.2) is 0 Å². The molecule has 0 amide bonds. The van der Waals surface area contributed by atoms with Crippen LogP contribution in [0, 0.1) is 0 Å². The van der Waals surface area contributed by atoms with Crippen LogP contribution >= 0.6 is 0 Å². The van der Waals surface area contributed by atoms with Crippen molar-refractivity contribution < 1.29 is 27.8 Å². The number of carbonyl (C=O) groups is 1. The largest absolute Gasteiger partial charge is 0.478 e. The number of ether oxygens (including phenoxy) is 1. The van der Waals surface area contributed by atoms with Crippen molar-refractivity contribution in [2.24, 2.45) is 0 Å². The number of carboxylic acids is 1. The Balaban J connectivity index is 2.14. The number of rotatable bonds is 6. The van der Waals surface area contributed by atoms with Crippen LogP contribution in [0.4, 0.5) is 13.2 Å². The molecule has 0 aliphatic heterocycles. The van der Waals surface area contributed by atoms with E-state index in [0.29, 0.717) is 18.4 Å². The molecule has 0 unspecified atom stereocenters. The fraction of sp³-hybridized carbons (Fsp3) is 0.357. The summed E-state index contributed by atoms with van der Waals surface area (Å²) in [5.41, 5.74) is -0.557. The first-order chi connectivity index (χ1) is 10.8. The lowest BCUT2D eigenvalue weighted by Crippen LogP contribution is -2.12. The van der Waals surface area contributed by atoms with Gasteiger partial charge >= 0.3 is 12.1 Å². The van der Waals surface area contributed by atoms with Crippen LogP contribution in [-0.4, -0.2) is 25.8 Å². The number of hydrogen-bond acceptors (Lipinski definition) is 4. The molecule has 0 aliphatic rings. The highest BCUT2D eigenvalue weighted by Gasteiger charge is 2.30. The van der Waals surface area contributed by atoms with Crippen molar-refractivity contribution in [2.45, 2.75) is 32.7 Å². The van der Waals surface area contributed by atoms with Crippen molar-refractivity contribution in [2.75, 3.05) is 0 Å². The van der Waals surface area contributed by atoms with E-state index in [4.69, 9.17) is 9.84 Å². The van der Waals surface area contributed by atoms with Crippen LogP contribution in [0.5, 0.6) is 5.88 Å². The standard InChI is InChI=1S/C14H14F3N3O3/c1-2-5-20-11(10(7-19-20)13(21)22)8-23-12-4-3-9(6-18-12)14(15,16)17/h3-4,6-7H,2,5,8H2,1H3,(H,21,22). The fourth-order valence-corrected chi connectivity index (χ4v) is 1.92. The molecule has 23 heavy (non-hydrogen) atoms. The number of pyridine rings is 1. The molecule has 0 radical (unpaired) electrons. The molecule has 0 saturated heterocycles. The quantitative estimate of drug-likeness (QED) is 0.881. The van der Waals surface area contributed by atoms with Gasteiger partial charge in [-0.1, -0.05) is 6.92 Å². The molecular formula is C14H14F3N3O3. The smallest absolute Gasteiger partial charge is 0.417 e. The van der Waals surface area contributed by atoms with Crippen LogP contribution < -0.4 is 4.74 Å². The normalized spacial score (nSPS) is 11.5. The summed E-state index contributed by atoms with van der Waals surface area (Å²) in [7, 11) is 0. The predicted molar refractivity (Wildman–Crippen MR) is 73.0 cm³/mol. The van der Waals surface area contributed by atoms with E-state index >= 15 is 0 Å². The molecule has 2 aromatic heterocycles. The Morgan fingerprint density at radius 2 is 2.09 bits per heavy atom. The average Bonchev–Trinajstić information content (AvgIpc) is 2.88. The summed E-state index contributed by atoms with van der Waals surface area (Å²) < 4.78 is 44.1. The monoisotopic (exact) mass is 329 g/mol. The fourth-order valence-electron chi connectivity index (χ4n) is 1.92. The van der Waals surface area contributed by atoms with E-state index < -0.39 is 17.7 Å². The second-order valence-electron chi connectivity index (χ2n) is 4.70. The summed E-state index contributed by atoms with van der Waals surface area (Å²) in [5, 5.41) is 13.1. The molecule has 0 aliphatic carbocycles. The first-order valence-electron chi connectivity index (χ1n) is 6.77. The Hall–Kier alpha value is -2.58. The molecule has 2 rings (SSSR count). The number of halogens is 3. The molecular weight excluding hydrogens is 315 g/mol. The zero-order chi connectivity index (χ0) is 17.0. The van der Waals surface area contributed by atoms with E-state index in [2.05, 4.69) is 10.1 Å². The number of aromatic nitrogens is 3. The zero-order valence-corrected chi connectivity index (χ0v) is 12.2. The highest BCUT2D eigenvalue weighted by atomic mass is 19.4. The summed E-state index contributed by atoms with van der Waals surface area (Å²) in [4.78, 5) is 14.7. The number of aromatic carboxylic acids is 1. The lowest BCUT2D eigenvalue weighted by Gasteiger charge is -2.10. The lowest BCUT2D eigenvalue weighted by atomic mass is 10.2. The van der Waals surface area contributed by atoms with Gasteiger partial charge in [-0.15, -0.1) is 0 Å². The third-order valence-corrected chi connectivity index (χ3v) is 3.03. The maximum absolute atomic E-state index is 12.5. The molecule has 1 N–H and O–H groups in total.